The minimum atomic E-state index is -0.171. The number of hydrogen-bond donors (Lipinski definition) is 1. The molecule has 162 valence electrons. The molecule has 2 aliphatic rings. The van der Waals surface area contributed by atoms with Crippen LogP contribution in [0, 0.1) is 0 Å². The van der Waals surface area contributed by atoms with E-state index >= 15 is 0 Å². The zero-order valence-corrected chi connectivity index (χ0v) is 18.6. The van der Waals surface area contributed by atoms with Gasteiger partial charge >= 0.3 is 0 Å². The monoisotopic (exact) mass is 444 g/mol. The number of nitrogens with one attached hydrogen (secondary N) is 1. The molecule has 0 saturated heterocycles. The highest BCUT2D eigenvalue weighted by molar-refractivity contribution is 6.31. The van der Waals surface area contributed by atoms with Crippen LogP contribution in [0.4, 0.5) is 0 Å². The van der Waals surface area contributed by atoms with E-state index in [1.807, 2.05) is 24.3 Å². The van der Waals surface area contributed by atoms with Gasteiger partial charge in [0.25, 0.3) is 5.56 Å². The van der Waals surface area contributed by atoms with Gasteiger partial charge in [0.15, 0.2) is 5.65 Å². The third-order valence-electron chi connectivity index (χ3n) is 7.21. The Balaban J connectivity index is 1.33. The van der Waals surface area contributed by atoms with Crippen LogP contribution in [0.5, 0.6) is 0 Å². The van der Waals surface area contributed by atoms with Crippen LogP contribution in [0.3, 0.4) is 0 Å². The van der Waals surface area contributed by atoms with E-state index in [0.717, 1.165) is 60.7 Å². The molecule has 0 bridgehead atoms. The number of fused-ring (bicyclic) bond motifs is 2. The van der Waals surface area contributed by atoms with E-state index in [1.165, 1.54) is 11.1 Å². The van der Waals surface area contributed by atoms with Crippen molar-refractivity contribution < 1.29 is 0 Å². The lowest BCUT2D eigenvalue weighted by Gasteiger charge is -2.42. The fourth-order valence-corrected chi connectivity index (χ4v) is 5.66. The second kappa shape index (κ2) is 7.61. The molecule has 2 aromatic heterocycles. The van der Waals surface area contributed by atoms with Gasteiger partial charge in [-0.2, -0.15) is 0 Å². The van der Waals surface area contributed by atoms with E-state index in [9.17, 15) is 4.79 Å². The predicted octanol–water partition coefficient (Wildman–Crippen LogP) is 4.70. The van der Waals surface area contributed by atoms with Gasteiger partial charge in [0.2, 0.25) is 0 Å². The van der Waals surface area contributed by atoms with Gasteiger partial charge in [-0.05, 0) is 42.0 Å². The molecule has 32 heavy (non-hydrogen) atoms. The number of hydrogen-bond acceptors (Lipinski definition) is 3. The van der Waals surface area contributed by atoms with Crippen molar-refractivity contribution in [3.8, 4) is 0 Å². The standard InChI is InChI=1S/C26H25ClN4O/c27-22-9-4-3-8-21(22)26(11-5-12-26)23-15-24-28-20(14-25(32)31(24)29-23)17-30-13-10-18-6-1-2-7-19(18)16-30/h1-4,6-9,14-15,29H,5,10-13,16-17H2. The van der Waals surface area contributed by atoms with Gasteiger partial charge < -0.3 is 0 Å². The zero-order valence-electron chi connectivity index (χ0n) is 17.9. The number of aromatic amines is 1. The average molecular weight is 445 g/mol. The minimum absolute atomic E-state index is 0.0673. The number of benzene rings is 2. The van der Waals surface area contributed by atoms with E-state index in [-0.39, 0.29) is 11.0 Å². The molecular weight excluding hydrogens is 420 g/mol. The van der Waals surface area contributed by atoms with Crippen LogP contribution >= 0.6 is 11.6 Å². The summed E-state index contributed by atoms with van der Waals surface area (Å²) in [5, 5.41) is 4.12. The summed E-state index contributed by atoms with van der Waals surface area (Å²) < 4.78 is 1.57. The summed E-state index contributed by atoms with van der Waals surface area (Å²) >= 11 is 6.57. The highest BCUT2D eigenvalue weighted by Crippen LogP contribution is 2.50. The maximum Gasteiger partial charge on any atom is 0.272 e. The van der Waals surface area contributed by atoms with Crippen LogP contribution in [0.25, 0.3) is 5.65 Å². The molecule has 1 aliphatic carbocycles. The van der Waals surface area contributed by atoms with Crippen LogP contribution < -0.4 is 5.56 Å². The molecule has 3 heterocycles. The zero-order chi connectivity index (χ0) is 21.7. The smallest absolute Gasteiger partial charge is 0.272 e. The third kappa shape index (κ3) is 3.19. The summed E-state index contributed by atoms with van der Waals surface area (Å²) in [6, 6.07) is 20.3. The van der Waals surface area contributed by atoms with Crippen molar-refractivity contribution in [2.24, 2.45) is 0 Å². The molecule has 6 rings (SSSR count). The van der Waals surface area contributed by atoms with Gasteiger partial charge in [-0.1, -0.05) is 60.5 Å². The van der Waals surface area contributed by atoms with Crippen molar-refractivity contribution in [1.29, 1.82) is 0 Å². The van der Waals surface area contributed by atoms with Crippen molar-refractivity contribution in [2.45, 2.75) is 44.2 Å². The van der Waals surface area contributed by atoms with Crippen LogP contribution in [0.1, 0.15) is 47.3 Å². The first-order valence-electron chi connectivity index (χ1n) is 11.3. The highest BCUT2D eigenvalue weighted by atomic mass is 35.5. The van der Waals surface area contributed by atoms with Crippen LogP contribution in [0.15, 0.2) is 65.5 Å². The summed E-state index contributed by atoms with van der Waals surface area (Å²) in [5.41, 5.74) is 6.20. The molecule has 4 aromatic rings. The Bertz CT molecular complexity index is 1370. The van der Waals surface area contributed by atoms with Gasteiger partial charge in [-0.15, -0.1) is 0 Å². The maximum atomic E-state index is 12.9. The number of halogens is 1. The van der Waals surface area contributed by atoms with Crippen molar-refractivity contribution in [2.75, 3.05) is 6.54 Å². The van der Waals surface area contributed by atoms with Gasteiger partial charge in [0.05, 0.1) is 5.69 Å². The molecule has 6 heteroatoms. The molecule has 1 aliphatic heterocycles. The Morgan fingerprint density at radius 1 is 1.03 bits per heavy atom. The highest BCUT2D eigenvalue weighted by Gasteiger charge is 2.43. The molecule has 5 nitrogen and oxygen atoms in total. The van der Waals surface area contributed by atoms with Crippen molar-refractivity contribution in [3.05, 3.63) is 104 Å². The van der Waals surface area contributed by atoms with Crippen LogP contribution in [-0.4, -0.2) is 26.0 Å². The normalized spacial score (nSPS) is 17.8. The van der Waals surface area contributed by atoms with E-state index in [4.69, 9.17) is 16.6 Å². The topological polar surface area (TPSA) is 53.4 Å². The van der Waals surface area contributed by atoms with Gasteiger partial charge in [0.1, 0.15) is 0 Å². The Kier molecular flexibility index (Phi) is 4.70. The summed E-state index contributed by atoms with van der Waals surface area (Å²) in [4.78, 5) is 20.2. The second-order valence-electron chi connectivity index (χ2n) is 9.09. The summed E-state index contributed by atoms with van der Waals surface area (Å²) in [7, 11) is 0. The quantitative estimate of drug-likeness (QED) is 0.496. The van der Waals surface area contributed by atoms with Crippen LogP contribution in [-0.2, 0) is 24.9 Å². The fraction of sp³-hybridized carbons (Fsp3) is 0.308. The van der Waals surface area contributed by atoms with Gasteiger partial charge in [0, 0.05) is 47.9 Å². The summed E-state index contributed by atoms with van der Waals surface area (Å²) in [6.45, 7) is 2.55. The average Bonchev–Trinajstić information content (AvgIpc) is 3.19. The number of aromatic nitrogens is 3. The van der Waals surface area contributed by atoms with Crippen LogP contribution in [0.2, 0.25) is 5.02 Å². The third-order valence-corrected chi connectivity index (χ3v) is 7.54. The van der Waals surface area contributed by atoms with Crippen molar-refractivity contribution in [1.82, 2.24) is 19.5 Å². The first-order valence-corrected chi connectivity index (χ1v) is 11.7. The Morgan fingerprint density at radius 3 is 2.59 bits per heavy atom. The molecule has 2 aromatic carbocycles. The SMILES string of the molecule is O=c1cc(CN2CCc3ccccc3C2)nc2cc(C3(c4ccccc4Cl)CCC3)[nH]n12. The molecule has 0 unspecified atom stereocenters. The second-order valence-corrected chi connectivity index (χ2v) is 9.50. The molecule has 0 amide bonds. The lowest BCUT2D eigenvalue weighted by molar-refractivity contribution is 0.242. The summed E-state index contributed by atoms with van der Waals surface area (Å²) in [5.74, 6) is 0. The Labute approximate surface area is 191 Å². The van der Waals surface area contributed by atoms with E-state index in [1.54, 1.807) is 10.6 Å². The lowest BCUT2D eigenvalue weighted by atomic mass is 9.62. The molecular formula is C26H25ClN4O. The molecule has 1 fully saturated rings. The van der Waals surface area contributed by atoms with E-state index in [0.29, 0.717) is 12.2 Å². The molecule has 0 radical (unpaired) electrons. The summed E-state index contributed by atoms with van der Waals surface area (Å²) in [6.07, 6.45) is 4.20. The number of nitrogens with zero attached hydrogens (tertiary/aromatic N) is 3. The Hall–Kier alpha value is -2.89. The maximum absolute atomic E-state index is 12.9. The first kappa shape index (κ1) is 19.8. The van der Waals surface area contributed by atoms with Gasteiger partial charge in [-0.3, -0.25) is 14.8 Å². The largest absolute Gasteiger partial charge is 0.293 e. The molecule has 0 spiro atoms. The predicted molar refractivity (Wildman–Crippen MR) is 126 cm³/mol. The van der Waals surface area contributed by atoms with E-state index < -0.39 is 0 Å². The Morgan fingerprint density at radius 2 is 1.81 bits per heavy atom. The fourth-order valence-electron chi connectivity index (χ4n) is 5.35. The van der Waals surface area contributed by atoms with E-state index in [2.05, 4.69) is 40.3 Å². The first-order chi connectivity index (χ1) is 15.6. The van der Waals surface area contributed by atoms with Gasteiger partial charge in [-0.25, -0.2) is 9.50 Å². The van der Waals surface area contributed by atoms with Crippen molar-refractivity contribution >= 4 is 17.2 Å². The minimum Gasteiger partial charge on any atom is -0.293 e. The molecule has 1 saturated carbocycles. The van der Waals surface area contributed by atoms with Crippen molar-refractivity contribution in [3.63, 3.8) is 0 Å². The number of H-pyrrole nitrogens is 1. The lowest BCUT2D eigenvalue weighted by Crippen LogP contribution is -2.36. The molecule has 1 N–H and O–H groups in total. The number of rotatable bonds is 4. The molecule has 0 atom stereocenters.